The van der Waals surface area contributed by atoms with Gasteiger partial charge in [0.2, 0.25) is 0 Å². The van der Waals surface area contributed by atoms with Crippen molar-refractivity contribution in [2.24, 2.45) is 7.05 Å². The van der Waals surface area contributed by atoms with E-state index in [-0.39, 0.29) is 0 Å². The molecule has 3 aromatic rings. The van der Waals surface area contributed by atoms with Crippen molar-refractivity contribution in [2.45, 2.75) is 6.92 Å². The van der Waals surface area contributed by atoms with Gasteiger partial charge in [0.05, 0.1) is 12.0 Å². The fourth-order valence-corrected chi connectivity index (χ4v) is 2.21. The quantitative estimate of drug-likeness (QED) is 0.786. The Hall–Kier alpha value is -2.63. The molecular formula is C14H15N5O. The Labute approximate surface area is 116 Å². The van der Waals surface area contributed by atoms with Gasteiger partial charge in [0.1, 0.15) is 23.6 Å². The van der Waals surface area contributed by atoms with Gasteiger partial charge in [-0.25, -0.2) is 14.6 Å². The number of fused-ring (bicyclic) bond motifs is 1. The van der Waals surface area contributed by atoms with E-state index < -0.39 is 0 Å². The molecule has 0 spiro atoms. The van der Waals surface area contributed by atoms with E-state index in [1.807, 2.05) is 38.2 Å². The smallest absolute Gasteiger partial charge is 0.163 e. The van der Waals surface area contributed by atoms with Crippen LogP contribution in [0.25, 0.3) is 22.3 Å². The first-order valence-electron chi connectivity index (χ1n) is 6.37. The maximum absolute atomic E-state index is 5.97. The molecule has 0 bridgehead atoms. The number of benzene rings is 1. The second-order valence-corrected chi connectivity index (χ2v) is 4.39. The molecule has 102 valence electrons. The Morgan fingerprint density at radius 2 is 2.15 bits per heavy atom. The molecule has 0 amide bonds. The molecule has 0 aliphatic heterocycles. The lowest BCUT2D eigenvalue weighted by atomic mass is 10.1. The lowest BCUT2D eigenvalue weighted by molar-refractivity contribution is 0.340. The van der Waals surface area contributed by atoms with Gasteiger partial charge in [-0.2, -0.15) is 5.10 Å². The summed E-state index contributed by atoms with van der Waals surface area (Å²) in [5, 5.41) is 5.27. The molecule has 6 nitrogen and oxygen atoms in total. The van der Waals surface area contributed by atoms with Gasteiger partial charge in [-0.1, -0.05) is 12.1 Å². The molecule has 0 fully saturated rings. The van der Waals surface area contributed by atoms with Crippen molar-refractivity contribution in [3.05, 3.63) is 30.6 Å². The van der Waals surface area contributed by atoms with Crippen LogP contribution < -0.4 is 10.5 Å². The van der Waals surface area contributed by atoms with Crippen molar-refractivity contribution in [1.82, 2.24) is 19.7 Å². The van der Waals surface area contributed by atoms with Gasteiger partial charge in [0.25, 0.3) is 0 Å². The van der Waals surface area contributed by atoms with Crippen LogP contribution in [0.5, 0.6) is 5.75 Å². The summed E-state index contributed by atoms with van der Waals surface area (Å²) in [4.78, 5) is 8.27. The van der Waals surface area contributed by atoms with Crippen molar-refractivity contribution in [3.63, 3.8) is 0 Å². The Balaban J connectivity index is 2.22. The molecule has 0 saturated heterocycles. The second-order valence-electron chi connectivity index (χ2n) is 4.39. The van der Waals surface area contributed by atoms with E-state index in [0.717, 1.165) is 22.4 Å². The minimum absolute atomic E-state index is 0.430. The van der Waals surface area contributed by atoms with Crippen LogP contribution in [0.15, 0.2) is 30.6 Å². The molecule has 2 aromatic heterocycles. The number of nitrogens with zero attached hydrogens (tertiary/aromatic N) is 4. The van der Waals surface area contributed by atoms with Crippen molar-refractivity contribution < 1.29 is 4.74 Å². The molecule has 1 aromatic carbocycles. The van der Waals surface area contributed by atoms with Crippen LogP contribution in [0.2, 0.25) is 0 Å². The van der Waals surface area contributed by atoms with E-state index in [1.165, 1.54) is 6.33 Å². The monoisotopic (exact) mass is 269 g/mol. The van der Waals surface area contributed by atoms with Gasteiger partial charge in [0.15, 0.2) is 5.65 Å². The van der Waals surface area contributed by atoms with Crippen LogP contribution in [0.3, 0.4) is 0 Å². The predicted molar refractivity (Wildman–Crippen MR) is 77.3 cm³/mol. The minimum atomic E-state index is 0.430. The molecule has 0 aliphatic carbocycles. The number of aryl methyl sites for hydroxylation is 1. The topological polar surface area (TPSA) is 78.8 Å². The maximum Gasteiger partial charge on any atom is 0.163 e. The summed E-state index contributed by atoms with van der Waals surface area (Å²) < 4.78 is 7.22. The van der Waals surface area contributed by atoms with Gasteiger partial charge in [-0.3, -0.25) is 0 Å². The summed E-state index contributed by atoms with van der Waals surface area (Å²) in [5.41, 5.74) is 8.38. The van der Waals surface area contributed by atoms with E-state index in [9.17, 15) is 0 Å². The molecule has 20 heavy (non-hydrogen) atoms. The van der Waals surface area contributed by atoms with Crippen LogP contribution in [-0.2, 0) is 7.05 Å². The summed E-state index contributed by atoms with van der Waals surface area (Å²) >= 11 is 0. The van der Waals surface area contributed by atoms with E-state index in [1.54, 1.807) is 4.68 Å². The molecule has 0 saturated carbocycles. The van der Waals surface area contributed by atoms with Gasteiger partial charge >= 0.3 is 0 Å². The van der Waals surface area contributed by atoms with Gasteiger partial charge in [-0.15, -0.1) is 0 Å². The molecule has 2 heterocycles. The molecule has 0 atom stereocenters. The molecule has 0 radical (unpaired) electrons. The Bertz CT molecular complexity index is 765. The third-order valence-corrected chi connectivity index (χ3v) is 3.07. The number of nitrogen functional groups attached to an aromatic ring is 1. The standard InChI is InChI=1S/C14H15N5O/c1-3-20-10-6-4-5-9(7-10)12-11-13(15)16-8-17-14(11)19(2)18-12/h4-8H,3H2,1-2H3,(H2,15,16,17). The number of rotatable bonds is 3. The highest BCUT2D eigenvalue weighted by atomic mass is 16.5. The first-order valence-corrected chi connectivity index (χ1v) is 6.37. The summed E-state index contributed by atoms with van der Waals surface area (Å²) in [6, 6.07) is 7.76. The van der Waals surface area contributed by atoms with Crippen molar-refractivity contribution >= 4 is 16.9 Å². The number of hydrogen-bond donors (Lipinski definition) is 1. The number of hydrogen-bond acceptors (Lipinski definition) is 5. The van der Waals surface area contributed by atoms with Gasteiger partial charge in [0, 0.05) is 12.6 Å². The normalized spacial score (nSPS) is 10.9. The summed E-state index contributed by atoms with van der Waals surface area (Å²) in [5.74, 6) is 1.24. The zero-order valence-corrected chi connectivity index (χ0v) is 11.4. The maximum atomic E-state index is 5.97. The largest absolute Gasteiger partial charge is 0.494 e. The third kappa shape index (κ3) is 1.95. The van der Waals surface area contributed by atoms with E-state index in [2.05, 4.69) is 15.1 Å². The molecule has 3 rings (SSSR count). The zero-order chi connectivity index (χ0) is 14.1. The third-order valence-electron chi connectivity index (χ3n) is 3.07. The number of ether oxygens (including phenoxy) is 1. The Kier molecular flexibility index (Phi) is 2.98. The second kappa shape index (κ2) is 4.80. The lowest BCUT2D eigenvalue weighted by Gasteiger charge is -2.05. The first kappa shape index (κ1) is 12.4. The van der Waals surface area contributed by atoms with Crippen LogP contribution in [0.1, 0.15) is 6.92 Å². The van der Waals surface area contributed by atoms with Crippen molar-refractivity contribution in [2.75, 3.05) is 12.3 Å². The summed E-state index contributed by atoms with van der Waals surface area (Å²) in [6.07, 6.45) is 1.44. The lowest BCUT2D eigenvalue weighted by Crippen LogP contribution is -1.95. The van der Waals surface area contributed by atoms with Crippen molar-refractivity contribution in [1.29, 1.82) is 0 Å². The summed E-state index contributed by atoms with van der Waals surface area (Å²) in [6.45, 7) is 2.58. The number of nitrogens with two attached hydrogens (primary N) is 1. The highest BCUT2D eigenvalue weighted by Crippen LogP contribution is 2.31. The highest BCUT2D eigenvalue weighted by Gasteiger charge is 2.15. The van der Waals surface area contributed by atoms with E-state index in [4.69, 9.17) is 10.5 Å². The predicted octanol–water partition coefficient (Wildman–Crippen LogP) is 2.01. The zero-order valence-electron chi connectivity index (χ0n) is 11.4. The van der Waals surface area contributed by atoms with Gasteiger partial charge in [-0.05, 0) is 19.1 Å². The average molecular weight is 269 g/mol. The van der Waals surface area contributed by atoms with E-state index >= 15 is 0 Å². The van der Waals surface area contributed by atoms with E-state index in [0.29, 0.717) is 18.1 Å². The van der Waals surface area contributed by atoms with Gasteiger partial charge < -0.3 is 10.5 Å². The average Bonchev–Trinajstić information content (AvgIpc) is 2.79. The fraction of sp³-hybridized carbons (Fsp3) is 0.214. The molecule has 0 unspecified atom stereocenters. The van der Waals surface area contributed by atoms with Crippen LogP contribution in [0, 0.1) is 0 Å². The summed E-state index contributed by atoms with van der Waals surface area (Å²) in [7, 11) is 1.84. The first-order chi connectivity index (χ1) is 9.70. The minimum Gasteiger partial charge on any atom is -0.494 e. The Morgan fingerprint density at radius 1 is 1.30 bits per heavy atom. The molecule has 0 aliphatic rings. The molecule has 2 N–H and O–H groups in total. The molecular weight excluding hydrogens is 254 g/mol. The number of aromatic nitrogens is 4. The highest BCUT2D eigenvalue weighted by molar-refractivity contribution is 5.98. The van der Waals surface area contributed by atoms with Crippen LogP contribution in [0.4, 0.5) is 5.82 Å². The number of anilines is 1. The SMILES string of the molecule is CCOc1cccc(-c2nn(C)c3ncnc(N)c23)c1. The van der Waals surface area contributed by atoms with Crippen molar-refractivity contribution in [3.8, 4) is 17.0 Å². The fourth-order valence-electron chi connectivity index (χ4n) is 2.21. The van der Waals surface area contributed by atoms with Crippen LogP contribution >= 0.6 is 0 Å². The van der Waals surface area contributed by atoms with Crippen LogP contribution in [-0.4, -0.2) is 26.4 Å². The molecule has 6 heteroatoms. The Morgan fingerprint density at radius 3 is 2.95 bits per heavy atom.